The zero-order valence-corrected chi connectivity index (χ0v) is 21.9. The van der Waals surface area contributed by atoms with Gasteiger partial charge in [-0.2, -0.15) is 5.10 Å². The molecule has 4 aromatic rings. The minimum Gasteiger partial charge on any atom is -0.380 e. The number of H-pyrrole nitrogens is 1. The molecule has 3 aliphatic rings. The first-order valence-corrected chi connectivity index (χ1v) is 13.9. The summed E-state index contributed by atoms with van der Waals surface area (Å²) in [7, 11) is 0. The molecule has 2 saturated heterocycles. The molecule has 0 radical (unpaired) electrons. The number of likely N-dealkylation sites (tertiary alicyclic amines) is 1. The Bertz CT molecular complexity index is 1410. The fourth-order valence-electron chi connectivity index (χ4n) is 6.64. The Morgan fingerprint density at radius 3 is 2.57 bits per heavy atom. The summed E-state index contributed by atoms with van der Waals surface area (Å²) in [6, 6.07) is 0.762. The van der Waals surface area contributed by atoms with Crippen LogP contribution in [0.3, 0.4) is 0 Å². The molecule has 0 unspecified atom stereocenters. The maximum absolute atomic E-state index is 5.46. The number of aromatic nitrogens is 5. The van der Waals surface area contributed by atoms with Crippen LogP contribution < -0.4 is 0 Å². The van der Waals surface area contributed by atoms with E-state index in [-0.39, 0.29) is 0 Å². The van der Waals surface area contributed by atoms with Crippen molar-refractivity contribution in [3.8, 4) is 11.3 Å². The highest BCUT2D eigenvalue weighted by Gasteiger charge is 2.51. The van der Waals surface area contributed by atoms with Crippen molar-refractivity contribution in [2.45, 2.75) is 71.3 Å². The summed E-state index contributed by atoms with van der Waals surface area (Å²) < 4.78 is 7.35. The zero-order valence-electron chi connectivity index (χ0n) is 21.1. The van der Waals surface area contributed by atoms with Gasteiger partial charge in [-0.25, -0.2) is 14.5 Å². The molecular weight excluding hydrogens is 456 g/mol. The van der Waals surface area contributed by atoms with Crippen LogP contribution in [-0.2, 0) is 4.74 Å². The molecule has 0 atom stereocenters. The summed E-state index contributed by atoms with van der Waals surface area (Å²) in [4.78, 5) is 17.4. The molecule has 1 saturated carbocycles. The van der Waals surface area contributed by atoms with Gasteiger partial charge in [-0.05, 0) is 56.6 Å². The Balaban J connectivity index is 1.16. The molecule has 6 heterocycles. The monoisotopic (exact) mass is 490 g/mol. The molecular formula is C27H34N6OS. The zero-order chi connectivity index (χ0) is 23.9. The largest absolute Gasteiger partial charge is 0.380 e. The fourth-order valence-corrected chi connectivity index (χ4v) is 7.79. The van der Waals surface area contributed by atoms with Crippen LogP contribution in [-0.4, -0.2) is 61.8 Å². The number of thiazole rings is 1. The summed E-state index contributed by atoms with van der Waals surface area (Å²) in [5.74, 6) is 0.975. The van der Waals surface area contributed by atoms with Gasteiger partial charge < -0.3 is 9.72 Å². The average molecular weight is 491 g/mol. The molecule has 184 valence electrons. The lowest BCUT2D eigenvalue weighted by Gasteiger charge is -2.58. The van der Waals surface area contributed by atoms with Crippen LogP contribution in [0.5, 0.6) is 0 Å². The molecule has 8 heteroatoms. The number of rotatable bonds is 4. The Kier molecular flexibility index (Phi) is 4.92. The van der Waals surface area contributed by atoms with E-state index >= 15 is 0 Å². The minimum absolute atomic E-state index is 0.379. The Hall–Kier alpha value is -2.29. The summed E-state index contributed by atoms with van der Waals surface area (Å²) in [6.45, 7) is 13.3. The van der Waals surface area contributed by atoms with Crippen molar-refractivity contribution < 1.29 is 4.74 Å². The van der Waals surface area contributed by atoms with E-state index in [9.17, 15) is 0 Å². The Morgan fingerprint density at radius 1 is 1.11 bits per heavy atom. The van der Waals surface area contributed by atoms with Crippen molar-refractivity contribution in [3.63, 3.8) is 0 Å². The summed E-state index contributed by atoms with van der Waals surface area (Å²) in [6.07, 6.45) is 8.86. The van der Waals surface area contributed by atoms with Crippen LogP contribution in [0, 0.1) is 19.3 Å². The van der Waals surface area contributed by atoms with Gasteiger partial charge in [0.25, 0.3) is 0 Å². The number of aryl methyl sites for hydroxylation is 1. The normalized spacial score (nSPS) is 24.5. The molecule has 0 amide bonds. The lowest BCUT2D eigenvalue weighted by atomic mass is 9.75. The van der Waals surface area contributed by atoms with Crippen molar-refractivity contribution in [2.24, 2.45) is 5.41 Å². The van der Waals surface area contributed by atoms with Crippen LogP contribution in [0.4, 0.5) is 0 Å². The Labute approximate surface area is 209 Å². The van der Waals surface area contributed by atoms with Gasteiger partial charge in [0.05, 0.1) is 23.9 Å². The maximum atomic E-state index is 5.46. The van der Waals surface area contributed by atoms with Crippen LogP contribution in [0.1, 0.15) is 73.1 Å². The lowest BCUT2D eigenvalue weighted by Crippen LogP contribution is -2.68. The van der Waals surface area contributed by atoms with E-state index in [2.05, 4.69) is 53.9 Å². The molecule has 0 aromatic carbocycles. The van der Waals surface area contributed by atoms with E-state index < -0.39 is 0 Å². The number of pyridine rings is 1. The summed E-state index contributed by atoms with van der Waals surface area (Å²) in [5, 5.41) is 5.74. The topological polar surface area (TPSA) is 71.3 Å². The van der Waals surface area contributed by atoms with Crippen LogP contribution in [0.2, 0.25) is 0 Å². The molecule has 7 rings (SSSR count). The second-order valence-electron chi connectivity index (χ2n) is 11.5. The van der Waals surface area contributed by atoms with E-state index in [0.717, 1.165) is 24.9 Å². The van der Waals surface area contributed by atoms with Gasteiger partial charge in [-0.3, -0.25) is 4.90 Å². The Morgan fingerprint density at radius 2 is 1.89 bits per heavy atom. The van der Waals surface area contributed by atoms with Crippen molar-refractivity contribution in [2.75, 3.05) is 26.3 Å². The van der Waals surface area contributed by atoms with Gasteiger partial charge in [-0.15, -0.1) is 11.3 Å². The van der Waals surface area contributed by atoms with E-state index in [1.807, 2.05) is 15.9 Å². The van der Waals surface area contributed by atoms with Crippen molar-refractivity contribution in [3.05, 3.63) is 34.2 Å². The van der Waals surface area contributed by atoms with Gasteiger partial charge in [-0.1, -0.05) is 13.8 Å². The molecule has 1 N–H and O–H groups in total. The van der Waals surface area contributed by atoms with Gasteiger partial charge in [0, 0.05) is 47.8 Å². The predicted molar refractivity (Wildman–Crippen MR) is 139 cm³/mol. The standard InChI is InChI=1S/C27H34N6OS/c1-15(2)21-22(20-9-33-24(28-14-29-33)17(4)16(20)3)30-26-23(21)31-25(35-26)18-5-7-19(8-6-18)32-10-27(11-32)12-34-13-27/h9,14-15,18-19,30H,5-8,10-13H2,1-4H3. The van der Waals surface area contributed by atoms with Crippen LogP contribution >= 0.6 is 11.3 Å². The number of nitrogens with one attached hydrogen (secondary N) is 1. The summed E-state index contributed by atoms with van der Waals surface area (Å²) in [5.41, 5.74) is 8.75. The molecule has 3 fully saturated rings. The fraction of sp³-hybridized carbons (Fsp3) is 0.593. The highest BCUT2D eigenvalue weighted by molar-refractivity contribution is 7.18. The second-order valence-corrected chi connectivity index (χ2v) is 12.6. The number of aromatic amines is 1. The highest BCUT2D eigenvalue weighted by Crippen LogP contribution is 2.45. The number of fused-ring (bicyclic) bond motifs is 2. The van der Waals surface area contributed by atoms with Gasteiger partial charge in [0.1, 0.15) is 16.7 Å². The second kappa shape index (κ2) is 7.85. The van der Waals surface area contributed by atoms with E-state index in [4.69, 9.17) is 9.72 Å². The number of hydrogen-bond donors (Lipinski definition) is 1. The van der Waals surface area contributed by atoms with Gasteiger partial charge >= 0.3 is 0 Å². The molecule has 1 spiro atoms. The van der Waals surface area contributed by atoms with E-state index in [0.29, 0.717) is 17.3 Å². The van der Waals surface area contributed by atoms with E-state index in [1.165, 1.54) is 82.1 Å². The molecule has 7 nitrogen and oxygen atoms in total. The molecule has 1 aliphatic carbocycles. The predicted octanol–water partition coefficient (Wildman–Crippen LogP) is 5.43. The number of hydrogen-bond acceptors (Lipinski definition) is 6. The third kappa shape index (κ3) is 3.33. The van der Waals surface area contributed by atoms with Crippen molar-refractivity contribution in [1.29, 1.82) is 0 Å². The first-order chi connectivity index (χ1) is 16.9. The molecule has 35 heavy (non-hydrogen) atoms. The van der Waals surface area contributed by atoms with Crippen molar-refractivity contribution >= 4 is 27.3 Å². The lowest BCUT2D eigenvalue weighted by molar-refractivity contribution is -0.200. The minimum atomic E-state index is 0.379. The third-order valence-corrected chi connectivity index (χ3v) is 9.97. The average Bonchev–Trinajstić information content (AvgIpc) is 3.48. The molecule has 0 bridgehead atoms. The third-order valence-electron chi connectivity index (χ3n) is 8.84. The molecule has 4 aromatic heterocycles. The van der Waals surface area contributed by atoms with Crippen molar-refractivity contribution in [1.82, 2.24) is 29.5 Å². The van der Waals surface area contributed by atoms with Crippen LogP contribution in [0.25, 0.3) is 27.3 Å². The number of nitrogens with zero attached hydrogens (tertiary/aromatic N) is 5. The van der Waals surface area contributed by atoms with Crippen LogP contribution in [0.15, 0.2) is 12.5 Å². The maximum Gasteiger partial charge on any atom is 0.158 e. The smallest absolute Gasteiger partial charge is 0.158 e. The number of ether oxygens (including phenoxy) is 1. The highest BCUT2D eigenvalue weighted by atomic mass is 32.1. The van der Waals surface area contributed by atoms with Gasteiger partial charge in [0.15, 0.2) is 5.65 Å². The van der Waals surface area contributed by atoms with E-state index in [1.54, 1.807) is 6.33 Å². The van der Waals surface area contributed by atoms with Gasteiger partial charge in [0.2, 0.25) is 0 Å². The molecule has 2 aliphatic heterocycles. The first-order valence-electron chi connectivity index (χ1n) is 13.1. The summed E-state index contributed by atoms with van der Waals surface area (Å²) >= 11 is 1.88. The SMILES string of the molecule is Cc1c(-c2[nH]c3sc(C4CCC(N5CC6(COC6)C5)CC4)nc3c2C(C)C)cn2ncnc2c1C. The quantitative estimate of drug-likeness (QED) is 0.413. The first kappa shape index (κ1) is 21.9.